The SMILES string of the molecule is CCN(CC)c1nc2c(S(=O)(=O)c3ccccc3)nnn2c2cc(C)ccc12.CCN(CC)c1nc2c(S(=O)(=O)c3ccccc3)nnn2c2cc3c(cc12)OCCO3.CCN(CC)c1nc2c(S(=O)(=O)c3ccccc3)nnn2c2ccc(C)cc12.CCN(CC)c1nc2c(S(=O)(=O)c3ccccc3)nnn2c2ccc(C)cc12.CCN(CC)c1nc2c(S(=O)(=O)c3ccccc3)nnn2c2ccc(N3CCCCC3)cc12. The number of nitrogens with zero attached hydrogens (tertiary/aromatic N) is 26. The standard InChI is InChI=1S/C24H28N6O2S.C21H21N5O4S.3C20H21N5O2S/c1-3-28(4-2)22-20-17-18(29-15-9-6-10-16-29)13-14-21(20)30-23(25-22)24(26-27-30)33(31,32)19-11-7-5-8-12-19;1-3-25(4-2)19-15-12-17-18(30-11-10-29-17)13-16(15)26-20(22-19)21(23-24-26)31(27,28)14-8-6-5-7-9-14;2*1-4-24(5-2)18-16-13-14(3)11-12-17(16)25-19(21-18)20(22-23-25)28(26,27)15-9-7-6-8-10-15;1-4-24(5-2)18-16-12-11-14(3)13-17(16)25-19(21-18)20(22-23-25)28(26,27)15-9-7-6-8-10-15/h5,7-8,11-14,17H,3-4,6,9-10,15-16H2,1-2H3;5-9,12-13H,3-4,10-11H2,1-2H3;3*6-13H,4-5H2,1-3H3. The molecule has 148 heavy (non-hydrogen) atoms. The smallest absolute Gasteiger partial charge is 0.229 e. The molecule has 22 rings (SSSR count). The van der Waals surface area contributed by atoms with Crippen molar-refractivity contribution in [2.24, 2.45) is 0 Å². The topological polar surface area (TPSA) is 424 Å². The van der Waals surface area contributed by atoms with Crippen molar-refractivity contribution >= 4 is 167 Å². The number of hydrogen-bond donors (Lipinski definition) is 0. The number of ether oxygens (including phenoxy) is 2. The fraction of sp³-hybridized carbons (Fsp3) is 0.286. The second kappa shape index (κ2) is 42.8. The second-order valence-corrected chi connectivity index (χ2v) is 44.4. The van der Waals surface area contributed by atoms with Gasteiger partial charge in [0.05, 0.1) is 52.1 Å². The molecule has 10 aromatic carbocycles. The molecule has 0 aliphatic carbocycles. The van der Waals surface area contributed by atoms with E-state index in [1.54, 1.807) is 150 Å². The van der Waals surface area contributed by atoms with Crippen molar-refractivity contribution in [1.29, 1.82) is 0 Å². The molecule has 2 aliphatic heterocycles. The van der Waals surface area contributed by atoms with Gasteiger partial charge in [0.25, 0.3) is 0 Å². The number of rotatable bonds is 26. The molecule has 0 amide bonds. The van der Waals surface area contributed by atoms with Gasteiger partial charge in [-0.1, -0.05) is 146 Å². The molecule has 10 aromatic heterocycles. The molecule has 0 spiro atoms. The Bertz CT molecular complexity index is 8760. The third kappa shape index (κ3) is 19.3. The Balaban J connectivity index is 0.000000121. The Morgan fingerprint density at radius 3 is 0.797 bits per heavy atom. The zero-order chi connectivity index (χ0) is 104. The predicted molar refractivity (Wildman–Crippen MR) is 570 cm³/mol. The lowest BCUT2D eigenvalue weighted by molar-refractivity contribution is 0.172. The molecule has 0 saturated carbocycles. The first kappa shape index (κ1) is 102. The highest BCUT2D eigenvalue weighted by atomic mass is 32.2. The number of fused-ring (bicyclic) bond motifs is 16. The molecule has 38 nitrogen and oxygen atoms in total. The summed E-state index contributed by atoms with van der Waals surface area (Å²) in [6.07, 6.45) is 3.67. The number of sulfone groups is 5. The lowest BCUT2D eigenvalue weighted by Crippen LogP contribution is -2.29. The maximum absolute atomic E-state index is 13.3. The fourth-order valence-corrected chi connectivity index (χ4v) is 24.6. The quantitative estimate of drug-likeness (QED) is 0.0486. The summed E-state index contributed by atoms with van der Waals surface area (Å²) < 4.78 is 151. The van der Waals surface area contributed by atoms with E-state index in [9.17, 15) is 42.1 Å². The van der Waals surface area contributed by atoms with Crippen molar-refractivity contribution in [3.05, 3.63) is 253 Å². The van der Waals surface area contributed by atoms with Gasteiger partial charge >= 0.3 is 0 Å². The van der Waals surface area contributed by atoms with Gasteiger partial charge in [-0.25, -0.2) is 67.0 Å². The summed E-state index contributed by atoms with van der Waals surface area (Å²) in [5, 5.41) is 44.7. The van der Waals surface area contributed by atoms with Gasteiger partial charge in [0.1, 0.15) is 42.3 Å². The van der Waals surface area contributed by atoms with Crippen molar-refractivity contribution in [3.8, 4) is 11.5 Å². The lowest BCUT2D eigenvalue weighted by Gasteiger charge is -2.29. The molecule has 2 aliphatic rings. The Hall–Kier alpha value is -15.6. The van der Waals surface area contributed by atoms with E-state index in [4.69, 9.17) is 34.4 Å². The van der Waals surface area contributed by atoms with E-state index in [-0.39, 0.29) is 77.8 Å². The Kier molecular flexibility index (Phi) is 29.6. The van der Waals surface area contributed by atoms with E-state index in [0.717, 1.165) is 160 Å². The highest BCUT2D eigenvalue weighted by Crippen LogP contribution is 2.42. The van der Waals surface area contributed by atoms with Crippen molar-refractivity contribution in [2.45, 2.75) is 159 Å². The maximum Gasteiger partial charge on any atom is 0.229 e. The predicted octanol–water partition coefficient (Wildman–Crippen LogP) is 16.5. The zero-order valence-electron chi connectivity index (χ0n) is 84.1. The van der Waals surface area contributed by atoms with Gasteiger partial charge in [-0.3, -0.25) is 0 Å². The van der Waals surface area contributed by atoms with Crippen LogP contribution >= 0.6 is 0 Å². The van der Waals surface area contributed by atoms with Crippen LogP contribution in [0.5, 0.6) is 11.5 Å². The van der Waals surface area contributed by atoms with Crippen molar-refractivity contribution in [1.82, 2.24) is 99.1 Å². The van der Waals surface area contributed by atoms with Crippen LogP contribution < -0.4 is 38.9 Å². The maximum atomic E-state index is 13.3. The van der Waals surface area contributed by atoms with E-state index in [0.29, 0.717) is 49.1 Å². The van der Waals surface area contributed by atoms with E-state index in [1.807, 2.05) is 143 Å². The summed E-state index contributed by atoms with van der Waals surface area (Å²) >= 11 is 0. The van der Waals surface area contributed by atoms with Crippen LogP contribution in [0.15, 0.2) is 286 Å². The molecule has 1 saturated heterocycles. The molecule has 0 radical (unpaired) electrons. The highest BCUT2D eigenvalue weighted by Gasteiger charge is 2.36. The second-order valence-electron chi connectivity index (χ2n) is 35.1. The van der Waals surface area contributed by atoms with Crippen LogP contribution in [0.2, 0.25) is 0 Å². The van der Waals surface area contributed by atoms with Crippen LogP contribution in [0.1, 0.15) is 105 Å². The van der Waals surface area contributed by atoms with Crippen LogP contribution in [0.4, 0.5) is 34.8 Å². The number of piperidine rings is 1. The molecule has 764 valence electrons. The first-order chi connectivity index (χ1) is 71.5. The van der Waals surface area contributed by atoms with Crippen molar-refractivity contribution < 1.29 is 51.6 Å². The molecule has 1 fully saturated rings. The van der Waals surface area contributed by atoms with Crippen molar-refractivity contribution in [2.75, 3.05) is 121 Å². The average Bonchev–Trinajstić information content (AvgIpc) is 1.58. The van der Waals surface area contributed by atoms with E-state index in [1.165, 1.54) is 49.5 Å². The molecular formula is C105H112N26O12S5. The molecule has 0 bridgehead atoms. The summed E-state index contributed by atoms with van der Waals surface area (Å²) in [4.78, 5) is 37.5. The molecule has 20 aromatic rings. The fourth-order valence-electron chi connectivity index (χ4n) is 18.4. The monoisotopic (exact) mass is 2090 g/mol. The normalized spacial score (nSPS) is 12.9. The largest absolute Gasteiger partial charge is 0.486 e. The molecular weight excluding hydrogens is 1980 g/mol. The summed E-state index contributed by atoms with van der Waals surface area (Å²) in [5.74, 6) is 4.83. The Morgan fingerprint density at radius 2 is 0.500 bits per heavy atom. The van der Waals surface area contributed by atoms with Gasteiger partial charge in [-0.05, 0) is 236 Å². The van der Waals surface area contributed by atoms with Crippen LogP contribution in [0.25, 0.3) is 82.8 Å². The molecule has 0 unspecified atom stereocenters. The number of benzene rings is 10. The first-order valence-electron chi connectivity index (χ1n) is 49.2. The number of aromatic nitrogens is 20. The summed E-state index contributed by atoms with van der Waals surface area (Å²) in [6, 6.07) is 69.1. The number of anilines is 6. The van der Waals surface area contributed by atoms with Gasteiger partial charge in [-0.2, -0.15) is 22.6 Å². The van der Waals surface area contributed by atoms with E-state index in [2.05, 4.69) is 107 Å². The third-order valence-corrected chi connectivity index (χ3v) is 34.5. The van der Waals surface area contributed by atoms with Crippen LogP contribution in [0.3, 0.4) is 0 Å². The van der Waals surface area contributed by atoms with E-state index < -0.39 is 49.2 Å². The van der Waals surface area contributed by atoms with E-state index >= 15 is 0 Å². The van der Waals surface area contributed by atoms with Gasteiger partial charge < -0.3 is 38.9 Å². The average molecular weight is 2090 g/mol. The summed E-state index contributed by atoms with van der Waals surface area (Å²) in [6.45, 7) is 37.0. The number of hydrogen-bond acceptors (Lipinski definition) is 33. The van der Waals surface area contributed by atoms with Gasteiger partial charge in [0, 0.05) is 117 Å². The van der Waals surface area contributed by atoms with Gasteiger partial charge in [0.15, 0.2) is 39.7 Å². The van der Waals surface area contributed by atoms with Crippen LogP contribution in [-0.2, 0) is 49.2 Å². The Morgan fingerprint density at radius 1 is 0.257 bits per heavy atom. The molecule has 43 heteroatoms. The molecule has 12 heterocycles. The summed E-state index contributed by atoms with van der Waals surface area (Å²) in [5.41, 5.74) is 9.33. The van der Waals surface area contributed by atoms with Crippen LogP contribution in [0, 0.1) is 20.8 Å². The minimum atomic E-state index is -3.90. The zero-order valence-corrected chi connectivity index (χ0v) is 88.2. The minimum Gasteiger partial charge on any atom is -0.486 e. The summed E-state index contributed by atoms with van der Waals surface area (Å²) in [7, 11) is -19.2. The Labute approximate surface area is 856 Å². The van der Waals surface area contributed by atoms with Crippen molar-refractivity contribution in [3.63, 3.8) is 0 Å². The third-order valence-electron chi connectivity index (χ3n) is 26.2. The first-order valence-corrected chi connectivity index (χ1v) is 56.6. The lowest BCUT2D eigenvalue weighted by atomic mass is 10.1. The number of aryl methyl sites for hydroxylation is 3. The molecule has 0 atom stereocenters. The van der Waals surface area contributed by atoms with Gasteiger partial charge in [-0.15, -0.1) is 25.5 Å². The highest BCUT2D eigenvalue weighted by molar-refractivity contribution is 7.92. The molecule has 0 N–H and O–H groups in total. The minimum absolute atomic E-state index is 0.121. The van der Waals surface area contributed by atoms with Gasteiger partial charge in [0.2, 0.25) is 74.3 Å². The van der Waals surface area contributed by atoms with Crippen LogP contribution in [-0.4, -0.2) is 233 Å².